The van der Waals surface area contributed by atoms with E-state index in [1.165, 1.54) is 0 Å². The zero-order valence-electron chi connectivity index (χ0n) is 15.6. The van der Waals surface area contributed by atoms with E-state index in [0.29, 0.717) is 24.9 Å². The number of ether oxygens (including phenoxy) is 2. The van der Waals surface area contributed by atoms with Crippen LogP contribution in [0.15, 0.2) is 60.7 Å². The van der Waals surface area contributed by atoms with Gasteiger partial charge >= 0.3 is 5.97 Å². The average Bonchev–Trinajstić information content (AvgIpc) is 2.66. The van der Waals surface area contributed by atoms with Gasteiger partial charge in [0, 0.05) is 13.7 Å². The Bertz CT molecular complexity index is 927. The first kappa shape index (κ1) is 18.9. The molecule has 0 radical (unpaired) electrons. The van der Waals surface area contributed by atoms with Gasteiger partial charge in [-0.15, -0.1) is 0 Å². The van der Waals surface area contributed by atoms with E-state index in [1.807, 2.05) is 36.4 Å². The highest BCUT2D eigenvalue weighted by atomic mass is 16.5. The van der Waals surface area contributed by atoms with Gasteiger partial charge in [-0.25, -0.2) is 4.79 Å². The van der Waals surface area contributed by atoms with Crippen LogP contribution in [0.5, 0.6) is 5.75 Å². The van der Waals surface area contributed by atoms with Gasteiger partial charge in [0.1, 0.15) is 17.9 Å². The molecule has 0 bridgehead atoms. The van der Waals surface area contributed by atoms with E-state index in [4.69, 9.17) is 9.47 Å². The third kappa shape index (κ3) is 4.66. The van der Waals surface area contributed by atoms with Crippen LogP contribution in [-0.2, 0) is 17.8 Å². The minimum Gasteiger partial charge on any atom is -0.488 e. The Morgan fingerprint density at radius 3 is 2.63 bits per heavy atom. The number of carbonyl (C=O) groups is 1. The standard InChI is InChI=1S/C23H24O4/c1-16(14-26-2)12-17-10-11-21(23(24)25)22(13-17)27-15-19-8-5-7-18-6-3-4-9-20(18)19/h3-11,13,16H,12,14-15H2,1-2H3,(H,24,25). The van der Waals surface area contributed by atoms with Crippen LogP contribution in [0.2, 0.25) is 0 Å². The van der Waals surface area contributed by atoms with E-state index in [1.54, 1.807) is 13.2 Å². The summed E-state index contributed by atoms with van der Waals surface area (Å²) in [5.41, 5.74) is 2.25. The minimum atomic E-state index is -0.987. The van der Waals surface area contributed by atoms with Crippen LogP contribution in [-0.4, -0.2) is 24.8 Å². The summed E-state index contributed by atoms with van der Waals surface area (Å²) in [4.78, 5) is 11.6. The second-order valence-corrected chi connectivity index (χ2v) is 6.83. The van der Waals surface area contributed by atoms with Crippen LogP contribution in [0, 0.1) is 5.92 Å². The first-order valence-corrected chi connectivity index (χ1v) is 9.03. The highest BCUT2D eigenvalue weighted by molar-refractivity contribution is 5.91. The molecule has 1 N–H and O–H groups in total. The van der Waals surface area contributed by atoms with Crippen molar-refractivity contribution in [2.45, 2.75) is 20.0 Å². The molecule has 0 fully saturated rings. The maximum Gasteiger partial charge on any atom is 0.339 e. The van der Waals surface area contributed by atoms with Crippen molar-refractivity contribution < 1.29 is 19.4 Å². The molecule has 0 amide bonds. The zero-order chi connectivity index (χ0) is 19.2. The molecule has 4 nitrogen and oxygen atoms in total. The van der Waals surface area contributed by atoms with E-state index >= 15 is 0 Å². The van der Waals surface area contributed by atoms with Crippen molar-refractivity contribution in [3.63, 3.8) is 0 Å². The molecule has 4 heteroatoms. The molecule has 3 rings (SSSR count). The Hall–Kier alpha value is -2.85. The summed E-state index contributed by atoms with van der Waals surface area (Å²) in [5, 5.41) is 11.7. The fraction of sp³-hybridized carbons (Fsp3) is 0.261. The van der Waals surface area contributed by atoms with Crippen molar-refractivity contribution in [3.05, 3.63) is 77.4 Å². The molecule has 0 aliphatic rings. The molecule has 0 saturated heterocycles. The third-order valence-corrected chi connectivity index (χ3v) is 4.57. The van der Waals surface area contributed by atoms with E-state index in [-0.39, 0.29) is 5.56 Å². The fourth-order valence-corrected chi connectivity index (χ4v) is 3.31. The molecule has 0 aromatic heterocycles. The molecular formula is C23H24O4. The molecule has 3 aromatic rings. The second-order valence-electron chi connectivity index (χ2n) is 6.83. The van der Waals surface area contributed by atoms with Crippen LogP contribution in [0.25, 0.3) is 10.8 Å². The van der Waals surface area contributed by atoms with Gasteiger partial charge in [0.15, 0.2) is 0 Å². The maximum atomic E-state index is 11.6. The van der Waals surface area contributed by atoms with Crippen molar-refractivity contribution >= 4 is 16.7 Å². The first-order chi connectivity index (χ1) is 13.1. The monoisotopic (exact) mass is 364 g/mol. The number of carboxylic acid groups (broad SMARTS) is 1. The Morgan fingerprint density at radius 2 is 1.85 bits per heavy atom. The average molecular weight is 364 g/mol. The summed E-state index contributed by atoms with van der Waals surface area (Å²) in [6, 6.07) is 19.5. The van der Waals surface area contributed by atoms with Gasteiger partial charge in [-0.1, -0.05) is 55.5 Å². The summed E-state index contributed by atoms with van der Waals surface area (Å²) in [6.07, 6.45) is 0.804. The molecular weight excluding hydrogens is 340 g/mol. The molecule has 0 heterocycles. The SMILES string of the molecule is COCC(C)Cc1ccc(C(=O)O)c(OCc2cccc3ccccc23)c1. The predicted octanol–water partition coefficient (Wildman–Crippen LogP) is 4.94. The molecule has 3 aromatic carbocycles. The Balaban J connectivity index is 1.84. The number of aromatic carboxylic acids is 1. The Morgan fingerprint density at radius 1 is 1.07 bits per heavy atom. The van der Waals surface area contributed by atoms with Gasteiger partial charge in [0.2, 0.25) is 0 Å². The largest absolute Gasteiger partial charge is 0.488 e. The van der Waals surface area contributed by atoms with Crippen LogP contribution >= 0.6 is 0 Å². The summed E-state index contributed by atoms with van der Waals surface area (Å²) in [7, 11) is 1.68. The first-order valence-electron chi connectivity index (χ1n) is 9.03. The van der Waals surface area contributed by atoms with Crippen molar-refractivity contribution in [1.82, 2.24) is 0 Å². The van der Waals surface area contributed by atoms with Crippen LogP contribution in [0.1, 0.15) is 28.4 Å². The highest BCUT2D eigenvalue weighted by Crippen LogP contribution is 2.25. The Kier molecular flexibility index (Phi) is 6.09. The molecule has 27 heavy (non-hydrogen) atoms. The summed E-state index contributed by atoms with van der Waals surface area (Å²) < 4.78 is 11.2. The quantitative estimate of drug-likeness (QED) is 0.615. The number of hydrogen-bond donors (Lipinski definition) is 1. The minimum absolute atomic E-state index is 0.179. The fourth-order valence-electron chi connectivity index (χ4n) is 3.31. The molecule has 0 aliphatic heterocycles. The van der Waals surface area contributed by atoms with E-state index in [9.17, 15) is 9.90 Å². The smallest absolute Gasteiger partial charge is 0.339 e. The third-order valence-electron chi connectivity index (χ3n) is 4.57. The van der Waals surface area contributed by atoms with Crippen LogP contribution in [0.3, 0.4) is 0 Å². The maximum absolute atomic E-state index is 11.6. The highest BCUT2D eigenvalue weighted by Gasteiger charge is 2.14. The van der Waals surface area contributed by atoms with E-state index in [0.717, 1.165) is 28.3 Å². The molecule has 140 valence electrons. The Labute approximate surface area is 159 Å². The van der Waals surface area contributed by atoms with Crippen molar-refractivity contribution in [2.24, 2.45) is 5.92 Å². The van der Waals surface area contributed by atoms with Gasteiger partial charge in [0.05, 0.1) is 0 Å². The van der Waals surface area contributed by atoms with Crippen molar-refractivity contribution in [1.29, 1.82) is 0 Å². The van der Waals surface area contributed by atoms with E-state index in [2.05, 4.69) is 25.1 Å². The van der Waals surface area contributed by atoms with Gasteiger partial charge in [-0.3, -0.25) is 0 Å². The molecule has 0 spiro atoms. The lowest BCUT2D eigenvalue weighted by Crippen LogP contribution is -2.09. The van der Waals surface area contributed by atoms with Gasteiger partial charge in [0.25, 0.3) is 0 Å². The van der Waals surface area contributed by atoms with Crippen LogP contribution < -0.4 is 4.74 Å². The van der Waals surface area contributed by atoms with Crippen LogP contribution in [0.4, 0.5) is 0 Å². The van der Waals surface area contributed by atoms with Gasteiger partial charge < -0.3 is 14.6 Å². The normalized spacial score (nSPS) is 12.1. The number of methoxy groups -OCH3 is 1. The predicted molar refractivity (Wildman–Crippen MR) is 106 cm³/mol. The molecule has 1 atom stereocenters. The number of carboxylic acids is 1. The lowest BCUT2D eigenvalue weighted by atomic mass is 10.00. The lowest BCUT2D eigenvalue weighted by Gasteiger charge is -2.14. The molecule has 0 saturated carbocycles. The van der Waals surface area contributed by atoms with Crippen molar-refractivity contribution in [3.8, 4) is 5.75 Å². The number of fused-ring (bicyclic) bond motifs is 1. The summed E-state index contributed by atoms with van der Waals surface area (Å²) in [5.74, 6) is -0.242. The summed E-state index contributed by atoms with van der Waals surface area (Å²) in [6.45, 7) is 3.08. The number of benzene rings is 3. The molecule has 1 unspecified atom stereocenters. The summed E-state index contributed by atoms with van der Waals surface area (Å²) >= 11 is 0. The number of hydrogen-bond acceptors (Lipinski definition) is 3. The molecule has 0 aliphatic carbocycles. The van der Waals surface area contributed by atoms with Gasteiger partial charge in [-0.05, 0) is 46.4 Å². The second kappa shape index (κ2) is 8.69. The van der Waals surface area contributed by atoms with Gasteiger partial charge in [-0.2, -0.15) is 0 Å². The topological polar surface area (TPSA) is 55.8 Å². The lowest BCUT2D eigenvalue weighted by molar-refractivity contribution is 0.0691. The van der Waals surface area contributed by atoms with E-state index < -0.39 is 5.97 Å². The number of rotatable bonds is 8. The zero-order valence-corrected chi connectivity index (χ0v) is 15.6. The van der Waals surface area contributed by atoms with Crippen molar-refractivity contribution in [2.75, 3.05) is 13.7 Å².